The molecule has 4 nitrogen and oxygen atoms in total. The second-order valence-electron chi connectivity index (χ2n) is 5.91. The standard InChI is InChI=1S/C13H24N2O2/c1-6-12(3,4)9-15-8-10(16)14-13(5,7-2)11(15)17/h6-9H2,1-5H3,(H,14,16). The zero-order valence-corrected chi connectivity index (χ0v) is 11.6. The maximum absolute atomic E-state index is 12.3. The monoisotopic (exact) mass is 240 g/mol. The van der Waals surface area contributed by atoms with Gasteiger partial charge in [0.15, 0.2) is 0 Å². The van der Waals surface area contributed by atoms with Crippen LogP contribution in [0.25, 0.3) is 0 Å². The fourth-order valence-electron chi connectivity index (χ4n) is 1.99. The Kier molecular flexibility index (Phi) is 3.84. The van der Waals surface area contributed by atoms with E-state index < -0.39 is 5.54 Å². The van der Waals surface area contributed by atoms with Gasteiger partial charge in [-0.05, 0) is 25.2 Å². The van der Waals surface area contributed by atoms with E-state index in [0.717, 1.165) is 6.42 Å². The molecule has 98 valence electrons. The molecule has 0 aromatic heterocycles. The van der Waals surface area contributed by atoms with Gasteiger partial charge in [-0.3, -0.25) is 9.59 Å². The first-order chi connectivity index (χ1) is 7.74. The van der Waals surface area contributed by atoms with Gasteiger partial charge in [-0.2, -0.15) is 0 Å². The molecule has 1 unspecified atom stereocenters. The van der Waals surface area contributed by atoms with E-state index >= 15 is 0 Å². The van der Waals surface area contributed by atoms with Gasteiger partial charge in [0.2, 0.25) is 11.8 Å². The number of rotatable bonds is 4. The maximum Gasteiger partial charge on any atom is 0.248 e. The summed E-state index contributed by atoms with van der Waals surface area (Å²) in [4.78, 5) is 25.7. The zero-order valence-electron chi connectivity index (χ0n) is 11.6. The van der Waals surface area contributed by atoms with E-state index in [0.29, 0.717) is 13.0 Å². The fourth-order valence-corrected chi connectivity index (χ4v) is 1.99. The summed E-state index contributed by atoms with van der Waals surface area (Å²) in [5, 5.41) is 2.80. The molecule has 1 fully saturated rings. The summed E-state index contributed by atoms with van der Waals surface area (Å²) >= 11 is 0. The molecular weight excluding hydrogens is 216 g/mol. The van der Waals surface area contributed by atoms with Crippen molar-refractivity contribution in [2.24, 2.45) is 5.41 Å². The second-order valence-corrected chi connectivity index (χ2v) is 5.91. The van der Waals surface area contributed by atoms with Crippen LogP contribution in [-0.4, -0.2) is 35.3 Å². The minimum atomic E-state index is -0.723. The molecule has 0 aromatic carbocycles. The van der Waals surface area contributed by atoms with Gasteiger partial charge in [0.05, 0.1) is 6.54 Å². The van der Waals surface area contributed by atoms with Crippen LogP contribution in [0.2, 0.25) is 0 Å². The Balaban J connectivity index is 2.86. The van der Waals surface area contributed by atoms with Crippen LogP contribution in [-0.2, 0) is 9.59 Å². The molecule has 2 amide bonds. The molecule has 0 bridgehead atoms. The summed E-state index contributed by atoms with van der Waals surface area (Å²) in [5.74, 6) is -0.0121. The van der Waals surface area contributed by atoms with Gasteiger partial charge >= 0.3 is 0 Å². The first-order valence-corrected chi connectivity index (χ1v) is 6.34. The molecule has 1 rings (SSSR count). The lowest BCUT2D eigenvalue weighted by Gasteiger charge is -2.42. The lowest BCUT2D eigenvalue weighted by Crippen LogP contribution is -2.65. The zero-order chi connectivity index (χ0) is 13.3. The molecule has 1 aliphatic heterocycles. The third-order valence-electron chi connectivity index (χ3n) is 3.79. The molecule has 0 aliphatic carbocycles. The lowest BCUT2D eigenvalue weighted by molar-refractivity contribution is -0.150. The van der Waals surface area contributed by atoms with Crippen molar-refractivity contribution in [1.82, 2.24) is 10.2 Å². The molecule has 0 spiro atoms. The number of amides is 2. The van der Waals surface area contributed by atoms with Crippen LogP contribution in [0.4, 0.5) is 0 Å². The largest absolute Gasteiger partial charge is 0.340 e. The molecule has 1 saturated heterocycles. The van der Waals surface area contributed by atoms with E-state index in [2.05, 4.69) is 26.1 Å². The van der Waals surface area contributed by atoms with Crippen LogP contribution < -0.4 is 5.32 Å². The molecule has 1 N–H and O–H groups in total. The van der Waals surface area contributed by atoms with Crippen LogP contribution in [0, 0.1) is 5.41 Å². The molecule has 0 radical (unpaired) electrons. The molecule has 17 heavy (non-hydrogen) atoms. The highest BCUT2D eigenvalue weighted by molar-refractivity contribution is 5.97. The van der Waals surface area contributed by atoms with Crippen molar-refractivity contribution in [3.05, 3.63) is 0 Å². The summed E-state index contributed by atoms with van der Waals surface area (Å²) in [5.41, 5.74) is -0.666. The summed E-state index contributed by atoms with van der Waals surface area (Å²) in [6.07, 6.45) is 1.61. The summed E-state index contributed by atoms with van der Waals surface area (Å²) in [6.45, 7) is 10.9. The van der Waals surface area contributed by atoms with Crippen LogP contribution >= 0.6 is 0 Å². The average molecular weight is 240 g/mol. The van der Waals surface area contributed by atoms with Crippen molar-refractivity contribution >= 4 is 11.8 Å². The van der Waals surface area contributed by atoms with Gasteiger partial charge in [-0.15, -0.1) is 0 Å². The van der Waals surface area contributed by atoms with E-state index in [4.69, 9.17) is 0 Å². The Labute approximate surface area is 104 Å². The predicted octanol–water partition coefficient (Wildman–Crippen LogP) is 1.55. The maximum atomic E-state index is 12.3. The number of carbonyl (C=O) groups is 2. The highest BCUT2D eigenvalue weighted by Gasteiger charge is 2.42. The molecule has 4 heteroatoms. The first-order valence-electron chi connectivity index (χ1n) is 6.34. The van der Waals surface area contributed by atoms with Crippen molar-refractivity contribution in [1.29, 1.82) is 0 Å². The average Bonchev–Trinajstić information content (AvgIpc) is 2.25. The Morgan fingerprint density at radius 3 is 2.41 bits per heavy atom. The normalized spacial score (nSPS) is 26.1. The first kappa shape index (κ1) is 14.0. The van der Waals surface area contributed by atoms with Crippen LogP contribution in [0.5, 0.6) is 0 Å². The van der Waals surface area contributed by atoms with E-state index in [1.807, 2.05) is 6.92 Å². The number of piperazine rings is 1. The van der Waals surface area contributed by atoms with Crippen molar-refractivity contribution in [3.8, 4) is 0 Å². The topological polar surface area (TPSA) is 49.4 Å². The van der Waals surface area contributed by atoms with Gasteiger partial charge in [0, 0.05) is 6.54 Å². The molecule has 1 heterocycles. The van der Waals surface area contributed by atoms with Crippen molar-refractivity contribution in [2.45, 2.75) is 53.0 Å². The molecule has 0 aromatic rings. The van der Waals surface area contributed by atoms with Gasteiger partial charge in [0.1, 0.15) is 5.54 Å². The third-order valence-corrected chi connectivity index (χ3v) is 3.79. The highest BCUT2D eigenvalue weighted by atomic mass is 16.2. The van der Waals surface area contributed by atoms with Crippen LogP contribution in [0.15, 0.2) is 0 Å². The molecular formula is C13H24N2O2. The van der Waals surface area contributed by atoms with Gasteiger partial charge < -0.3 is 10.2 Å². The number of nitrogens with one attached hydrogen (secondary N) is 1. The Bertz CT molecular complexity index is 325. The highest BCUT2D eigenvalue weighted by Crippen LogP contribution is 2.25. The predicted molar refractivity (Wildman–Crippen MR) is 67.5 cm³/mol. The molecule has 0 saturated carbocycles. The Morgan fingerprint density at radius 1 is 1.35 bits per heavy atom. The number of nitrogens with zero attached hydrogens (tertiary/aromatic N) is 1. The van der Waals surface area contributed by atoms with Crippen molar-refractivity contribution in [2.75, 3.05) is 13.1 Å². The van der Waals surface area contributed by atoms with E-state index in [9.17, 15) is 9.59 Å². The third kappa shape index (κ3) is 2.99. The molecule has 1 atom stereocenters. The Hall–Kier alpha value is -1.06. The number of hydrogen-bond acceptors (Lipinski definition) is 2. The smallest absolute Gasteiger partial charge is 0.248 e. The fraction of sp³-hybridized carbons (Fsp3) is 0.846. The minimum Gasteiger partial charge on any atom is -0.340 e. The number of hydrogen-bond donors (Lipinski definition) is 1. The van der Waals surface area contributed by atoms with E-state index in [-0.39, 0.29) is 23.8 Å². The Morgan fingerprint density at radius 2 is 1.94 bits per heavy atom. The van der Waals surface area contributed by atoms with Crippen molar-refractivity contribution in [3.63, 3.8) is 0 Å². The summed E-state index contributed by atoms with van der Waals surface area (Å²) in [6, 6.07) is 0. The van der Waals surface area contributed by atoms with E-state index in [1.54, 1.807) is 11.8 Å². The van der Waals surface area contributed by atoms with Gasteiger partial charge in [0.25, 0.3) is 0 Å². The van der Waals surface area contributed by atoms with Crippen LogP contribution in [0.1, 0.15) is 47.5 Å². The molecule has 1 aliphatic rings. The van der Waals surface area contributed by atoms with Gasteiger partial charge in [-0.25, -0.2) is 0 Å². The van der Waals surface area contributed by atoms with Crippen molar-refractivity contribution < 1.29 is 9.59 Å². The lowest BCUT2D eigenvalue weighted by atomic mass is 9.87. The SMILES string of the molecule is CCC(C)(C)CN1CC(=O)NC(C)(CC)C1=O. The second kappa shape index (κ2) is 4.67. The van der Waals surface area contributed by atoms with Crippen LogP contribution in [0.3, 0.4) is 0 Å². The van der Waals surface area contributed by atoms with Gasteiger partial charge in [-0.1, -0.05) is 27.7 Å². The summed E-state index contributed by atoms with van der Waals surface area (Å²) < 4.78 is 0. The quantitative estimate of drug-likeness (QED) is 0.810. The number of carbonyl (C=O) groups excluding carboxylic acids is 2. The summed E-state index contributed by atoms with van der Waals surface area (Å²) in [7, 11) is 0. The minimum absolute atomic E-state index is 0.0427. The van der Waals surface area contributed by atoms with E-state index in [1.165, 1.54) is 0 Å².